The quantitative estimate of drug-likeness (QED) is 0.0237. The van der Waals surface area contributed by atoms with Crippen molar-refractivity contribution in [2.75, 3.05) is 21.3 Å². The second-order valence-corrected chi connectivity index (χ2v) is 24.2. The molecule has 3 aliphatic heterocycles. The van der Waals surface area contributed by atoms with Crippen LogP contribution in [-0.4, -0.2) is 118 Å². The number of hydrogen-bond donors (Lipinski definition) is 0. The average Bonchev–Trinajstić information content (AvgIpc) is 0.910. The van der Waals surface area contributed by atoms with Gasteiger partial charge in [0.05, 0.1) is 18.3 Å². The molecule has 0 spiro atoms. The number of ether oxygens (including phenoxy) is 10. The van der Waals surface area contributed by atoms with Crippen LogP contribution in [0, 0.1) is 0 Å². The van der Waals surface area contributed by atoms with E-state index in [1.54, 1.807) is 20.8 Å². The van der Waals surface area contributed by atoms with Crippen molar-refractivity contribution < 1.29 is 106 Å². The normalized spacial score (nSPS) is 23.1. The number of carbonyl (C=O) groups is 4. The summed E-state index contributed by atoms with van der Waals surface area (Å²) in [5, 5.41) is 0. The van der Waals surface area contributed by atoms with Crippen molar-refractivity contribution in [1.29, 1.82) is 0 Å². The zero-order valence-electron chi connectivity index (χ0n) is 53.0. The highest BCUT2D eigenvalue weighted by atomic mass is 19.4. The van der Waals surface area contributed by atoms with Crippen LogP contribution in [0.4, 0.5) is 39.5 Å². The zero-order chi connectivity index (χ0) is 66.7. The number of unbranched alkanes of at least 4 members (excludes halogenated alkanes) is 13. The van der Waals surface area contributed by atoms with E-state index in [-0.39, 0.29) is 37.7 Å². The monoisotopic (exact) mass is 1300 g/mol. The summed E-state index contributed by atoms with van der Waals surface area (Å²) in [4.78, 5) is 55.4. The van der Waals surface area contributed by atoms with E-state index in [2.05, 4.69) is 6.92 Å². The highest BCUT2D eigenvalue weighted by molar-refractivity contribution is 5.91. The van der Waals surface area contributed by atoms with Crippen molar-refractivity contribution in [3.05, 3.63) is 119 Å². The van der Waals surface area contributed by atoms with Crippen molar-refractivity contribution in [3.8, 4) is 0 Å². The van der Waals surface area contributed by atoms with Crippen molar-refractivity contribution in [2.24, 2.45) is 0 Å². The Labute approximate surface area is 527 Å². The molecule has 3 aliphatic rings. The molecule has 3 heterocycles. The van der Waals surface area contributed by atoms with Gasteiger partial charge in [-0.1, -0.05) is 181 Å². The summed E-state index contributed by atoms with van der Waals surface area (Å²) in [7, 11) is 2.18. The number of esters is 4. The first-order chi connectivity index (χ1) is 43.1. The maximum Gasteiger partial charge on any atom is 0.432 e. The Balaban J connectivity index is 1.24. The van der Waals surface area contributed by atoms with Gasteiger partial charge in [-0.15, -0.1) is 0 Å². The second kappa shape index (κ2) is 33.5. The third-order valence-corrected chi connectivity index (χ3v) is 17.2. The first-order valence-electron chi connectivity index (χ1n) is 31.7. The second-order valence-electron chi connectivity index (χ2n) is 24.2. The number of hydrogen-bond acceptors (Lipinski definition) is 14. The lowest BCUT2D eigenvalue weighted by Crippen LogP contribution is -2.53. The van der Waals surface area contributed by atoms with Gasteiger partial charge in [-0.3, -0.25) is 0 Å². The molecule has 3 aromatic rings. The Hall–Kier alpha value is -5.59. The smallest absolute Gasteiger partial charge is 0.432 e. The minimum absolute atomic E-state index is 0.0210. The van der Waals surface area contributed by atoms with E-state index in [9.17, 15) is 32.3 Å². The largest absolute Gasteiger partial charge is 0.459 e. The molecular formula is C68H89F9O14. The van der Waals surface area contributed by atoms with Gasteiger partial charge in [0.25, 0.3) is 16.8 Å². The molecule has 0 saturated carbocycles. The van der Waals surface area contributed by atoms with Gasteiger partial charge < -0.3 is 47.4 Å². The van der Waals surface area contributed by atoms with Crippen LogP contribution in [-0.2, 0) is 83.3 Å². The number of halogens is 9. The van der Waals surface area contributed by atoms with Gasteiger partial charge in [0.15, 0.2) is 5.79 Å². The molecule has 2 fully saturated rings. The van der Waals surface area contributed by atoms with Gasteiger partial charge in [-0.05, 0) is 71.8 Å². The van der Waals surface area contributed by atoms with Crippen molar-refractivity contribution in [1.82, 2.24) is 0 Å². The molecule has 508 valence electrons. The van der Waals surface area contributed by atoms with Crippen LogP contribution < -0.4 is 0 Å². The summed E-state index contributed by atoms with van der Waals surface area (Å²) in [6, 6.07) is 18.6. The van der Waals surface area contributed by atoms with E-state index < -0.39 is 137 Å². The van der Waals surface area contributed by atoms with Gasteiger partial charge in [0.2, 0.25) is 0 Å². The van der Waals surface area contributed by atoms with Crippen molar-refractivity contribution in [2.45, 2.75) is 259 Å². The molecule has 0 bridgehead atoms. The van der Waals surface area contributed by atoms with Crippen LogP contribution >= 0.6 is 0 Å². The Morgan fingerprint density at radius 3 is 1.46 bits per heavy atom. The fraction of sp³-hybridized carbons (Fsp3) is 0.647. The molecule has 23 heteroatoms. The summed E-state index contributed by atoms with van der Waals surface area (Å²) < 4.78 is 195. The molecule has 0 aliphatic carbocycles. The van der Waals surface area contributed by atoms with Crippen LogP contribution in [0.1, 0.15) is 186 Å². The van der Waals surface area contributed by atoms with Crippen LogP contribution in [0.25, 0.3) is 0 Å². The maximum atomic E-state index is 15.5. The van der Waals surface area contributed by atoms with Crippen LogP contribution in [0.3, 0.4) is 0 Å². The minimum atomic E-state index is -5.40. The number of methoxy groups -OCH3 is 3. The molecule has 0 unspecified atom stereocenters. The molecule has 11 atom stereocenters. The molecule has 0 amide bonds. The van der Waals surface area contributed by atoms with Crippen molar-refractivity contribution >= 4 is 23.9 Å². The number of alkyl halides is 9. The number of cyclic esters (lactones) is 1. The molecular weight excluding hydrogens is 1210 g/mol. The summed E-state index contributed by atoms with van der Waals surface area (Å²) in [5.41, 5.74) is -12.3. The summed E-state index contributed by atoms with van der Waals surface area (Å²) in [6.45, 7) is 6.94. The molecule has 0 aromatic heterocycles. The molecule has 0 radical (unpaired) electrons. The standard InChI is InChI=1S/C68H89F9O14/c1-8-9-10-11-12-13-14-15-16-17-18-31-40-53(88-60(80)64(83-6,67(72,73)74)49-34-25-20-26-35-49)55-45-56(89-61(81)65(84-7,68(75,76)77)50-36-27-21-28-37-50)57(87-55)54-42-41-51(90-62(3,4)91-54)38-29-22-30-39-52(44-47-43-46(2)85-58(47)78)86-59(79)63(82-5,66(69,70)71)48-32-23-19-24-33-48/h19-21,23-28,32-37,43,46,51-57H,8-18,22,29-31,38-42,44-45H2,1-7H3/t46-,51-,52+,53-,54-,55-,56+,57+,63-,64-,65-/m0/s1. The summed E-state index contributed by atoms with van der Waals surface area (Å²) >= 11 is 0. The number of carbonyl (C=O) groups excluding carboxylic acids is 4. The zero-order valence-corrected chi connectivity index (χ0v) is 53.0. The molecule has 0 N–H and O–H groups in total. The number of benzene rings is 3. The molecule has 91 heavy (non-hydrogen) atoms. The minimum Gasteiger partial charge on any atom is -0.459 e. The van der Waals surface area contributed by atoms with Crippen LogP contribution in [0.5, 0.6) is 0 Å². The predicted octanol–water partition coefficient (Wildman–Crippen LogP) is 15.8. The average molecular weight is 1300 g/mol. The van der Waals surface area contributed by atoms with E-state index in [1.165, 1.54) is 79.9 Å². The van der Waals surface area contributed by atoms with Crippen LogP contribution in [0.2, 0.25) is 0 Å². The van der Waals surface area contributed by atoms with E-state index in [0.717, 1.165) is 95.6 Å². The molecule has 3 aromatic carbocycles. The maximum absolute atomic E-state index is 15.5. The van der Waals surface area contributed by atoms with Crippen molar-refractivity contribution in [3.63, 3.8) is 0 Å². The van der Waals surface area contributed by atoms with Gasteiger partial charge >= 0.3 is 42.4 Å². The van der Waals surface area contributed by atoms with E-state index in [1.807, 2.05) is 0 Å². The lowest BCUT2D eigenvalue weighted by atomic mass is 9.92. The van der Waals surface area contributed by atoms with Gasteiger partial charge in [-0.25, -0.2) is 19.2 Å². The van der Waals surface area contributed by atoms with Gasteiger partial charge in [0, 0.05) is 56.4 Å². The fourth-order valence-electron chi connectivity index (χ4n) is 12.6. The highest BCUT2D eigenvalue weighted by Gasteiger charge is 2.67. The third kappa shape index (κ3) is 18.6. The van der Waals surface area contributed by atoms with Gasteiger partial charge in [0.1, 0.15) is 30.5 Å². The Morgan fingerprint density at radius 2 is 1.01 bits per heavy atom. The molecule has 14 nitrogen and oxygen atoms in total. The van der Waals surface area contributed by atoms with E-state index in [0.29, 0.717) is 45.6 Å². The first kappa shape index (κ1) is 74.4. The van der Waals surface area contributed by atoms with Crippen LogP contribution in [0.15, 0.2) is 103 Å². The SMILES string of the molecule is CCCCCCCCCCCCCC[C@H](OC(=O)[C@@](OC)(c1ccccc1)C(F)(F)F)[C@@H]1C[C@@H](OC(=O)[C@@](OC)(c2ccccc2)C(F)(F)F)[C@@H]([C@@H]2CC[C@H](CCCCC[C@H](CC3=C[C@H](C)OC3=O)OC(=O)[C@@](OC)(c3ccccc3)C(F)(F)F)OC(C)(C)O2)O1. The lowest BCUT2D eigenvalue weighted by Gasteiger charge is -2.36. The lowest BCUT2D eigenvalue weighted by molar-refractivity contribution is -0.282. The first-order valence-corrected chi connectivity index (χ1v) is 31.7. The highest BCUT2D eigenvalue weighted by Crippen LogP contribution is 2.48. The molecule has 6 rings (SSSR count). The third-order valence-electron chi connectivity index (χ3n) is 17.2. The van der Waals surface area contributed by atoms with E-state index in [4.69, 9.17) is 47.4 Å². The summed E-state index contributed by atoms with van der Waals surface area (Å²) in [6.07, 6.45) is -11.5. The molecule has 2 saturated heterocycles. The summed E-state index contributed by atoms with van der Waals surface area (Å²) in [5.74, 6) is -7.58. The fourth-order valence-corrected chi connectivity index (χ4v) is 12.6. The topological polar surface area (TPSA) is 161 Å². The van der Waals surface area contributed by atoms with Gasteiger partial charge in [-0.2, -0.15) is 39.5 Å². The Bertz CT molecular complexity index is 2770. The predicted molar refractivity (Wildman–Crippen MR) is 317 cm³/mol. The Morgan fingerprint density at radius 1 is 0.571 bits per heavy atom. The number of rotatable bonds is 35. The van der Waals surface area contributed by atoms with E-state index >= 15 is 26.3 Å². The Kier molecular flexibility index (Phi) is 27.4.